The second-order valence-electron chi connectivity index (χ2n) is 6.81. The predicted octanol–water partition coefficient (Wildman–Crippen LogP) is 2.79. The number of sulfonamides is 1. The zero-order chi connectivity index (χ0) is 21.9. The summed E-state index contributed by atoms with van der Waals surface area (Å²) in [6.45, 7) is 1.87. The molecule has 0 bridgehead atoms. The number of imide groups is 1. The van der Waals surface area contributed by atoms with Crippen LogP contribution in [0.4, 0.5) is 5.69 Å². The zero-order valence-corrected chi connectivity index (χ0v) is 17.9. The predicted molar refractivity (Wildman–Crippen MR) is 111 cm³/mol. The number of carbonyl (C=O) groups excluding carboxylic acids is 2. The van der Waals surface area contributed by atoms with Crippen molar-refractivity contribution >= 4 is 27.5 Å². The number of amides is 2. The van der Waals surface area contributed by atoms with Crippen molar-refractivity contribution in [2.24, 2.45) is 0 Å². The van der Waals surface area contributed by atoms with Gasteiger partial charge in [-0.1, -0.05) is 19.1 Å². The van der Waals surface area contributed by atoms with Gasteiger partial charge < -0.3 is 9.47 Å². The molecular formula is C21H24N2O6S. The smallest absolute Gasteiger partial charge is 0.241 e. The van der Waals surface area contributed by atoms with E-state index in [1.807, 2.05) is 6.92 Å². The molecule has 0 spiro atoms. The first-order valence-electron chi connectivity index (χ1n) is 9.50. The highest BCUT2D eigenvalue weighted by atomic mass is 32.2. The van der Waals surface area contributed by atoms with Crippen molar-refractivity contribution in [3.05, 3.63) is 48.0 Å². The molecule has 0 aliphatic carbocycles. The molecule has 2 aromatic carbocycles. The maximum atomic E-state index is 13.1. The Morgan fingerprint density at radius 1 is 1.00 bits per heavy atom. The summed E-state index contributed by atoms with van der Waals surface area (Å²) < 4.78 is 39.2. The summed E-state index contributed by atoms with van der Waals surface area (Å²) >= 11 is 0. The van der Waals surface area contributed by atoms with E-state index >= 15 is 0 Å². The van der Waals surface area contributed by atoms with Crippen LogP contribution >= 0.6 is 0 Å². The fraction of sp³-hybridized carbons (Fsp3) is 0.333. The van der Waals surface area contributed by atoms with E-state index in [2.05, 4.69) is 4.72 Å². The molecule has 1 N–H and O–H groups in total. The SMILES string of the molecule is CCC(NS(=O)(=O)c1ccc(OC)c(N2C(=O)CCC2=O)c1)c1ccc(OC)cc1. The van der Waals surface area contributed by atoms with Gasteiger partial charge >= 0.3 is 0 Å². The highest BCUT2D eigenvalue weighted by Crippen LogP contribution is 2.34. The molecule has 1 heterocycles. The van der Waals surface area contributed by atoms with Gasteiger partial charge in [-0.2, -0.15) is 0 Å². The van der Waals surface area contributed by atoms with Gasteiger partial charge in [-0.05, 0) is 42.3 Å². The van der Waals surface area contributed by atoms with Crippen LogP contribution in [0.25, 0.3) is 0 Å². The Hall–Kier alpha value is -2.91. The van der Waals surface area contributed by atoms with Crippen molar-refractivity contribution in [2.45, 2.75) is 37.1 Å². The number of hydrogen-bond acceptors (Lipinski definition) is 6. The summed E-state index contributed by atoms with van der Waals surface area (Å²) in [4.78, 5) is 25.2. The van der Waals surface area contributed by atoms with Gasteiger partial charge in [0.05, 0.1) is 24.8 Å². The van der Waals surface area contributed by atoms with Crippen LogP contribution in [0.1, 0.15) is 37.8 Å². The van der Waals surface area contributed by atoms with Crippen molar-refractivity contribution in [3.63, 3.8) is 0 Å². The maximum absolute atomic E-state index is 13.1. The van der Waals surface area contributed by atoms with Gasteiger partial charge in [-0.3, -0.25) is 9.59 Å². The Bertz CT molecular complexity index is 1030. The molecule has 2 amide bonds. The molecule has 1 aliphatic heterocycles. The first-order valence-corrected chi connectivity index (χ1v) is 11.0. The molecular weight excluding hydrogens is 408 g/mol. The van der Waals surface area contributed by atoms with E-state index in [4.69, 9.17) is 9.47 Å². The highest BCUT2D eigenvalue weighted by Gasteiger charge is 2.33. The standard InChI is InChI=1S/C21H24N2O6S/c1-4-17(14-5-7-15(28-2)8-6-14)22-30(26,27)16-9-10-19(29-3)18(13-16)23-20(24)11-12-21(23)25/h5-10,13,17,22H,4,11-12H2,1-3H3. The fourth-order valence-electron chi connectivity index (χ4n) is 3.34. The molecule has 0 aromatic heterocycles. The lowest BCUT2D eigenvalue weighted by Gasteiger charge is -2.21. The normalized spacial score (nSPS) is 15.4. The molecule has 0 radical (unpaired) electrons. The third-order valence-corrected chi connectivity index (χ3v) is 6.45. The second kappa shape index (κ2) is 8.85. The van der Waals surface area contributed by atoms with E-state index in [1.54, 1.807) is 31.4 Å². The van der Waals surface area contributed by atoms with Gasteiger partial charge in [-0.25, -0.2) is 18.0 Å². The molecule has 1 aliphatic rings. The van der Waals surface area contributed by atoms with Gasteiger partial charge in [0.2, 0.25) is 21.8 Å². The first kappa shape index (κ1) is 21.8. The summed E-state index contributed by atoms with van der Waals surface area (Å²) in [5.41, 5.74) is 0.922. The Kier molecular flexibility index (Phi) is 6.42. The van der Waals surface area contributed by atoms with Crippen LogP contribution in [0.2, 0.25) is 0 Å². The lowest BCUT2D eigenvalue weighted by molar-refractivity contribution is -0.121. The minimum absolute atomic E-state index is 0.0576. The van der Waals surface area contributed by atoms with E-state index in [1.165, 1.54) is 25.3 Å². The maximum Gasteiger partial charge on any atom is 0.241 e. The first-order chi connectivity index (χ1) is 14.3. The Morgan fingerprint density at radius 2 is 1.63 bits per heavy atom. The van der Waals surface area contributed by atoms with Gasteiger partial charge in [-0.15, -0.1) is 0 Å². The van der Waals surface area contributed by atoms with E-state index in [9.17, 15) is 18.0 Å². The number of rotatable bonds is 8. The number of hydrogen-bond donors (Lipinski definition) is 1. The minimum Gasteiger partial charge on any atom is -0.497 e. The third-order valence-electron chi connectivity index (χ3n) is 4.98. The van der Waals surface area contributed by atoms with Crippen molar-refractivity contribution in [1.29, 1.82) is 0 Å². The number of nitrogens with one attached hydrogen (secondary N) is 1. The quantitative estimate of drug-likeness (QED) is 0.644. The number of carbonyl (C=O) groups is 2. The number of ether oxygens (including phenoxy) is 2. The molecule has 1 saturated heterocycles. The van der Waals surface area contributed by atoms with Crippen LogP contribution in [-0.4, -0.2) is 34.5 Å². The van der Waals surface area contributed by atoms with Crippen LogP contribution in [-0.2, 0) is 19.6 Å². The summed E-state index contributed by atoms with van der Waals surface area (Å²) in [6, 6.07) is 10.8. The molecule has 0 saturated carbocycles. The van der Waals surface area contributed by atoms with Crippen LogP contribution < -0.4 is 19.1 Å². The molecule has 9 heteroatoms. The lowest BCUT2D eigenvalue weighted by atomic mass is 10.1. The fourth-order valence-corrected chi connectivity index (χ4v) is 4.66. The van der Waals surface area contributed by atoms with E-state index in [0.717, 1.165) is 10.5 Å². The van der Waals surface area contributed by atoms with Gasteiger partial charge in [0.25, 0.3) is 0 Å². The van der Waals surface area contributed by atoms with E-state index in [0.29, 0.717) is 12.2 Å². The lowest BCUT2D eigenvalue weighted by Crippen LogP contribution is -2.31. The average Bonchev–Trinajstić information content (AvgIpc) is 3.09. The number of methoxy groups -OCH3 is 2. The molecule has 30 heavy (non-hydrogen) atoms. The van der Waals surface area contributed by atoms with Crippen LogP contribution in [0.5, 0.6) is 11.5 Å². The monoisotopic (exact) mass is 432 g/mol. The van der Waals surface area contributed by atoms with Crippen molar-refractivity contribution in [2.75, 3.05) is 19.1 Å². The van der Waals surface area contributed by atoms with Crippen molar-refractivity contribution < 1.29 is 27.5 Å². The second-order valence-corrected chi connectivity index (χ2v) is 8.53. The van der Waals surface area contributed by atoms with Gasteiger partial charge in [0, 0.05) is 18.9 Å². The molecule has 1 fully saturated rings. The Labute approximate surface area is 175 Å². The molecule has 8 nitrogen and oxygen atoms in total. The van der Waals surface area contributed by atoms with Crippen LogP contribution in [0.15, 0.2) is 47.4 Å². The summed E-state index contributed by atoms with van der Waals surface area (Å²) in [6.07, 6.45) is 0.705. The third kappa shape index (κ3) is 4.31. The summed E-state index contributed by atoms with van der Waals surface area (Å²) in [7, 11) is -0.976. The van der Waals surface area contributed by atoms with Crippen LogP contribution in [0.3, 0.4) is 0 Å². The largest absolute Gasteiger partial charge is 0.497 e. The molecule has 2 aromatic rings. The number of nitrogens with zero attached hydrogens (tertiary/aromatic N) is 1. The molecule has 3 rings (SSSR count). The van der Waals surface area contributed by atoms with Gasteiger partial charge in [0.1, 0.15) is 11.5 Å². The average molecular weight is 432 g/mol. The number of anilines is 1. The minimum atomic E-state index is -3.93. The summed E-state index contributed by atoms with van der Waals surface area (Å²) in [5.74, 6) is 0.159. The van der Waals surface area contributed by atoms with Crippen LogP contribution in [0, 0.1) is 0 Å². The van der Waals surface area contributed by atoms with E-state index < -0.39 is 16.1 Å². The molecule has 160 valence electrons. The van der Waals surface area contributed by atoms with Gasteiger partial charge in [0.15, 0.2) is 0 Å². The topological polar surface area (TPSA) is 102 Å². The zero-order valence-electron chi connectivity index (χ0n) is 17.0. The Morgan fingerprint density at radius 3 is 2.17 bits per heavy atom. The Balaban J connectivity index is 1.94. The summed E-state index contributed by atoms with van der Waals surface area (Å²) in [5, 5.41) is 0. The molecule has 1 unspecified atom stereocenters. The van der Waals surface area contributed by atoms with Crippen molar-refractivity contribution in [1.82, 2.24) is 4.72 Å². The van der Waals surface area contributed by atoms with Crippen molar-refractivity contribution in [3.8, 4) is 11.5 Å². The number of benzene rings is 2. The van der Waals surface area contributed by atoms with E-state index in [-0.39, 0.29) is 41.0 Å². The highest BCUT2D eigenvalue weighted by molar-refractivity contribution is 7.89. The molecule has 1 atom stereocenters.